The molecule has 0 spiro atoms. The standard InChI is InChI=1S/C26H28FN3O4S/c1-18-3-12-24(35(32,33)29-21-6-10-23(34-2)11-7-21)15-25(18)26(31)28-16-19-13-14-30(17-19)22-8-4-20(27)5-9-22/h3-12,15,19,29H,13-14,16-17H2,1-2H3,(H,28,31). The van der Waals surface area contributed by atoms with Gasteiger partial charge >= 0.3 is 0 Å². The van der Waals surface area contributed by atoms with Crippen LogP contribution in [-0.4, -0.2) is 41.1 Å². The lowest BCUT2D eigenvalue weighted by molar-refractivity contribution is 0.0947. The van der Waals surface area contributed by atoms with Crippen molar-refractivity contribution in [2.45, 2.75) is 18.2 Å². The zero-order valence-corrected chi connectivity index (χ0v) is 20.4. The van der Waals surface area contributed by atoms with E-state index in [-0.39, 0.29) is 22.5 Å². The molecule has 1 atom stereocenters. The average Bonchev–Trinajstić information content (AvgIpc) is 3.32. The van der Waals surface area contributed by atoms with Gasteiger partial charge in [0.2, 0.25) is 0 Å². The van der Waals surface area contributed by atoms with E-state index in [4.69, 9.17) is 4.74 Å². The van der Waals surface area contributed by atoms with Crippen LogP contribution >= 0.6 is 0 Å². The summed E-state index contributed by atoms with van der Waals surface area (Å²) in [6.45, 7) is 3.83. The Morgan fingerprint density at radius 1 is 1.09 bits per heavy atom. The van der Waals surface area contributed by atoms with Gasteiger partial charge in [0, 0.05) is 36.6 Å². The summed E-state index contributed by atoms with van der Waals surface area (Å²) in [5.41, 5.74) is 2.35. The maximum Gasteiger partial charge on any atom is 0.261 e. The molecule has 3 aromatic rings. The number of amides is 1. The highest BCUT2D eigenvalue weighted by atomic mass is 32.2. The zero-order valence-electron chi connectivity index (χ0n) is 19.6. The molecule has 0 aliphatic carbocycles. The summed E-state index contributed by atoms with van der Waals surface area (Å²) in [5, 5.41) is 2.95. The minimum absolute atomic E-state index is 0.00687. The van der Waals surface area contributed by atoms with E-state index in [2.05, 4.69) is 14.9 Å². The lowest BCUT2D eigenvalue weighted by Gasteiger charge is -2.19. The fraction of sp³-hybridized carbons (Fsp3) is 0.269. The van der Waals surface area contributed by atoms with Crippen LogP contribution in [0.5, 0.6) is 5.75 Å². The normalized spacial score (nSPS) is 15.6. The number of halogens is 1. The monoisotopic (exact) mass is 497 g/mol. The lowest BCUT2D eigenvalue weighted by atomic mass is 10.1. The fourth-order valence-corrected chi connectivity index (χ4v) is 5.19. The molecule has 1 heterocycles. The molecule has 35 heavy (non-hydrogen) atoms. The number of carbonyl (C=O) groups excluding carboxylic acids is 1. The Bertz CT molecular complexity index is 1300. The first kappa shape index (κ1) is 24.5. The van der Waals surface area contributed by atoms with E-state index in [1.165, 1.54) is 31.4 Å². The van der Waals surface area contributed by atoms with Crippen molar-refractivity contribution >= 4 is 27.3 Å². The number of nitrogens with one attached hydrogen (secondary N) is 2. The van der Waals surface area contributed by atoms with E-state index in [0.717, 1.165) is 25.2 Å². The molecule has 3 aromatic carbocycles. The molecular weight excluding hydrogens is 469 g/mol. The Hall–Kier alpha value is -3.59. The number of hydrogen-bond acceptors (Lipinski definition) is 5. The second-order valence-corrected chi connectivity index (χ2v) is 10.3. The average molecular weight is 498 g/mol. The SMILES string of the molecule is COc1ccc(NS(=O)(=O)c2ccc(C)c(C(=O)NCC3CCN(c4ccc(F)cc4)C3)c2)cc1. The summed E-state index contributed by atoms with van der Waals surface area (Å²) in [7, 11) is -2.35. The Labute approximate surface area is 205 Å². The third-order valence-corrected chi connectivity index (χ3v) is 7.51. The van der Waals surface area contributed by atoms with Gasteiger partial charge in [-0.3, -0.25) is 9.52 Å². The number of carbonyl (C=O) groups is 1. The van der Waals surface area contributed by atoms with Crippen LogP contribution in [0.1, 0.15) is 22.3 Å². The summed E-state index contributed by atoms with van der Waals surface area (Å²) >= 11 is 0. The van der Waals surface area contributed by atoms with Crippen LogP contribution in [0.2, 0.25) is 0 Å². The van der Waals surface area contributed by atoms with Gasteiger partial charge in [-0.2, -0.15) is 0 Å². The Morgan fingerprint density at radius 2 is 1.80 bits per heavy atom. The van der Waals surface area contributed by atoms with Crippen LogP contribution in [0.15, 0.2) is 71.6 Å². The van der Waals surface area contributed by atoms with Crippen LogP contribution < -0.4 is 19.7 Å². The summed E-state index contributed by atoms with van der Waals surface area (Å²) in [5.74, 6) is 0.276. The van der Waals surface area contributed by atoms with Crippen molar-refractivity contribution in [1.82, 2.24) is 5.32 Å². The van der Waals surface area contributed by atoms with E-state index < -0.39 is 10.0 Å². The molecule has 1 saturated heterocycles. The van der Waals surface area contributed by atoms with Crippen molar-refractivity contribution in [3.63, 3.8) is 0 Å². The highest BCUT2D eigenvalue weighted by Gasteiger charge is 2.24. The van der Waals surface area contributed by atoms with Crippen LogP contribution in [0.3, 0.4) is 0 Å². The molecule has 2 N–H and O–H groups in total. The predicted octanol–water partition coefficient (Wildman–Crippen LogP) is 4.20. The van der Waals surface area contributed by atoms with Gasteiger partial charge in [0.15, 0.2) is 0 Å². The summed E-state index contributed by atoms with van der Waals surface area (Å²) in [4.78, 5) is 15.1. The largest absolute Gasteiger partial charge is 0.497 e. The number of hydrogen-bond donors (Lipinski definition) is 2. The van der Waals surface area contributed by atoms with Crippen LogP contribution in [-0.2, 0) is 10.0 Å². The van der Waals surface area contributed by atoms with Gasteiger partial charge in [-0.1, -0.05) is 6.07 Å². The van der Waals surface area contributed by atoms with Gasteiger partial charge in [-0.25, -0.2) is 12.8 Å². The van der Waals surface area contributed by atoms with E-state index in [9.17, 15) is 17.6 Å². The number of aryl methyl sites for hydroxylation is 1. The molecule has 1 aliphatic heterocycles. The van der Waals surface area contributed by atoms with Gasteiger partial charge in [-0.15, -0.1) is 0 Å². The quantitative estimate of drug-likeness (QED) is 0.487. The van der Waals surface area contributed by atoms with E-state index >= 15 is 0 Å². The van der Waals surface area contributed by atoms with Crippen molar-refractivity contribution < 1.29 is 22.3 Å². The molecule has 0 radical (unpaired) electrons. The van der Waals surface area contributed by atoms with Gasteiger partial charge in [0.05, 0.1) is 12.0 Å². The first-order valence-electron chi connectivity index (χ1n) is 11.3. The Balaban J connectivity index is 1.39. The molecular formula is C26H28FN3O4S. The van der Waals surface area contributed by atoms with Gasteiger partial charge in [-0.05, 0) is 85.5 Å². The number of benzene rings is 3. The van der Waals surface area contributed by atoms with Gasteiger partial charge < -0.3 is 15.0 Å². The maximum atomic E-state index is 13.2. The van der Waals surface area contributed by atoms with Crippen molar-refractivity contribution in [3.8, 4) is 5.75 Å². The van der Waals surface area contributed by atoms with Crippen molar-refractivity contribution in [2.24, 2.45) is 5.92 Å². The molecule has 1 fully saturated rings. The predicted molar refractivity (Wildman–Crippen MR) is 134 cm³/mol. The first-order chi connectivity index (χ1) is 16.7. The van der Waals surface area contributed by atoms with Crippen LogP contribution in [0, 0.1) is 18.7 Å². The second-order valence-electron chi connectivity index (χ2n) is 8.60. The molecule has 1 aliphatic rings. The molecule has 4 rings (SSSR count). The van der Waals surface area contributed by atoms with Gasteiger partial charge in [0.1, 0.15) is 11.6 Å². The molecule has 1 unspecified atom stereocenters. The topological polar surface area (TPSA) is 87.7 Å². The molecule has 9 heteroatoms. The molecule has 0 aromatic heterocycles. The van der Waals surface area contributed by atoms with Crippen LogP contribution in [0.4, 0.5) is 15.8 Å². The zero-order chi connectivity index (χ0) is 25.0. The van der Waals surface area contributed by atoms with E-state index in [1.807, 2.05) is 0 Å². The first-order valence-corrected chi connectivity index (χ1v) is 12.8. The number of methoxy groups -OCH3 is 1. The number of sulfonamides is 1. The number of anilines is 2. The fourth-order valence-electron chi connectivity index (χ4n) is 4.10. The highest BCUT2D eigenvalue weighted by molar-refractivity contribution is 7.92. The highest BCUT2D eigenvalue weighted by Crippen LogP contribution is 2.24. The summed E-state index contributed by atoms with van der Waals surface area (Å²) < 4.78 is 46.6. The lowest BCUT2D eigenvalue weighted by Crippen LogP contribution is -2.31. The van der Waals surface area contributed by atoms with Crippen molar-refractivity contribution in [2.75, 3.05) is 36.4 Å². The number of nitrogens with zero attached hydrogens (tertiary/aromatic N) is 1. The summed E-state index contributed by atoms with van der Waals surface area (Å²) in [6.07, 6.45) is 0.900. The minimum Gasteiger partial charge on any atom is -0.497 e. The third-order valence-electron chi connectivity index (χ3n) is 6.14. The van der Waals surface area contributed by atoms with Crippen LogP contribution in [0.25, 0.3) is 0 Å². The molecule has 7 nitrogen and oxygen atoms in total. The smallest absolute Gasteiger partial charge is 0.261 e. The van der Waals surface area contributed by atoms with Crippen molar-refractivity contribution in [1.29, 1.82) is 0 Å². The third kappa shape index (κ3) is 5.92. The molecule has 0 bridgehead atoms. The van der Waals surface area contributed by atoms with E-state index in [0.29, 0.717) is 29.1 Å². The Morgan fingerprint density at radius 3 is 2.49 bits per heavy atom. The van der Waals surface area contributed by atoms with Gasteiger partial charge in [0.25, 0.3) is 15.9 Å². The molecule has 184 valence electrons. The number of rotatable bonds is 8. The Kier molecular flexibility index (Phi) is 7.25. The van der Waals surface area contributed by atoms with E-state index in [1.54, 1.807) is 49.4 Å². The molecule has 0 saturated carbocycles. The second kappa shape index (κ2) is 10.4. The number of ether oxygens (including phenoxy) is 1. The maximum absolute atomic E-state index is 13.2. The summed E-state index contributed by atoms with van der Waals surface area (Å²) in [6, 6.07) is 17.4. The van der Waals surface area contributed by atoms with Crippen molar-refractivity contribution in [3.05, 3.63) is 83.7 Å². The molecule has 1 amide bonds. The minimum atomic E-state index is -3.88.